The summed E-state index contributed by atoms with van der Waals surface area (Å²) in [6.07, 6.45) is -1.13. The van der Waals surface area contributed by atoms with Gasteiger partial charge in [0.05, 0.1) is 12.5 Å². The van der Waals surface area contributed by atoms with E-state index >= 15 is 0 Å². The number of aliphatic hydroxyl groups excluding tert-OH is 1. The number of halogens is 1. The minimum absolute atomic E-state index is 0.00775. The number of urea groups is 1. The summed E-state index contributed by atoms with van der Waals surface area (Å²) >= 11 is 0. The third-order valence-electron chi connectivity index (χ3n) is 2.34. The van der Waals surface area contributed by atoms with Gasteiger partial charge < -0.3 is 20.8 Å². The van der Waals surface area contributed by atoms with Gasteiger partial charge in [-0.05, 0) is 17.7 Å². The maximum atomic E-state index is 12.7. The average molecular weight is 270 g/mol. The van der Waals surface area contributed by atoms with Gasteiger partial charge in [0.15, 0.2) is 0 Å². The lowest BCUT2D eigenvalue weighted by Gasteiger charge is -2.12. The molecule has 0 radical (unpaired) electrons. The van der Waals surface area contributed by atoms with E-state index < -0.39 is 23.9 Å². The molecule has 1 aromatic carbocycles. The predicted molar refractivity (Wildman–Crippen MR) is 65.0 cm³/mol. The Balaban J connectivity index is 2.29. The molecule has 0 saturated carbocycles. The zero-order valence-electron chi connectivity index (χ0n) is 10.1. The molecule has 7 heteroatoms. The van der Waals surface area contributed by atoms with Crippen LogP contribution in [-0.4, -0.2) is 35.3 Å². The number of rotatable bonds is 6. The number of carboxylic acid groups (broad SMARTS) is 1. The van der Waals surface area contributed by atoms with Crippen LogP contribution in [0, 0.1) is 5.82 Å². The summed E-state index contributed by atoms with van der Waals surface area (Å²) in [5.41, 5.74) is 0.479. The van der Waals surface area contributed by atoms with Crippen molar-refractivity contribution in [1.29, 1.82) is 0 Å². The van der Waals surface area contributed by atoms with Gasteiger partial charge in [0.1, 0.15) is 5.82 Å². The van der Waals surface area contributed by atoms with Crippen LogP contribution < -0.4 is 10.6 Å². The smallest absolute Gasteiger partial charge is 0.314 e. The lowest BCUT2D eigenvalue weighted by atomic mass is 10.1. The third-order valence-corrected chi connectivity index (χ3v) is 2.34. The molecule has 6 nitrogen and oxygen atoms in total. The topological polar surface area (TPSA) is 98.7 Å². The second-order valence-corrected chi connectivity index (χ2v) is 3.85. The Bertz CT molecular complexity index is 436. The molecule has 1 atom stereocenters. The van der Waals surface area contributed by atoms with Crippen LogP contribution in [0.1, 0.15) is 18.1 Å². The van der Waals surface area contributed by atoms with Gasteiger partial charge in [-0.25, -0.2) is 9.18 Å². The SMILES string of the molecule is O=C(O)CCNC(=O)NC[C@H](O)c1ccc(F)cc1. The van der Waals surface area contributed by atoms with Gasteiger partial charge in [-0.3, -0.25) is 4.79 Å². The van der Waals surface area contributed by atoms with Crippen LogP contribution >= 0.6 is 0 Å². The summed E-state index contributed by atoms with van der Waals surface area (Å²) in [4.78, 5) is 21.4. The number of carboxylic acids is 1. The highest BCUT2D eigenvalue weighted by Gasteiger charge is 2.09. The quantitative estimate of drug-likeness (QED) is 0.609. The molecule has 0 aliphatic carbocycles. The molecule has 0 spiro atoms. The number of carbonyl (C=O) groups excluding carboxylic acids is 1. The van der Waals surface area contributed by atoms with E-state index in [9.17, 15) is 19.1 Å². The van der Waals surface area contributed by atoms with Crippen LogP contribution in [0.2, 0.25) is 0 Å². The first-order chi connectivity index (χ1) is 8.99. The Kier molecular flexibility index (Phi) is 5.74. The standard InChI is InChI=1S/C12H15FN2O4/c13-9-3-1-8(2-4-9)10(16)7-15-12(19)14-6-5-11(17)18/h1-4,10,16H,5-7H2,(H,17,18)(H2,14,15,19)/t10-/m0/s1. The van der Waals surface area contributed by atoms with Crippen LogP contribution in [0.4, 0.5) is 9.18 Å². The number of amides is 2. The fourth-order valence-electron chi connectivity index (χ4n) is 1.34. The number of hydrogen-bond donors (Lipinski definition) is 4. The van der Waals surface area contributed by atoms with E-state index in [1.807, 2.05) is 0 Å². The lowest BCUT2D eigenvalue weighted by Crippen LogP contribution is -2.38. The maximum Gasteiger partial charge on any atom is 0.314 e. The highest BCUT2D eigenvalue weighted by atomic mass is 19.1. The minimum Gasteiger partial charge on any atom is -0.481 e. The third kappa shape index (κ3) is 5.82. The fourth-order valence-corrected chi connectivity index (χ4v) is 1.34. The zero-order chi connectivity index (χ0) is 14.3. The summed E-state index contributed by atoms with van der Waals surface area (Å²) in [6.45, 7) is -0.0433. The minimum atomic E-state index is -1.01. The first-order valence-electron chi connectivity index (χ1n) is 5.66. The lowest BCUT2D eigenvalue weighted by molar-refractivity contribution is -0.136. The van der Waals surface area contributed by atoms with E-state index in [0.29, 0.717) is 5.56 Å². The molecule has 0 heterocycles. The Hall–Kier alpha value is -2.15. The Morgan fingerprint density at radius 1 is 1.21 bits per heavy atom. The molecular weight excluding hydrogens is 255 g/mol. The first kappa shape index (κ1) is 14.9. The van der Waals surface area contributed by atoms with E-state index in [2.05, 4.69) is 10.6 Å². The molecule has 1 rings (SSSR count). The normalized spacial score (nSPS) is 11.7. The van der Waals surface area contributed by atoms with Crippen molar-refractivity contribution in [3.8, 4) is 0 Å². The summed E-state index contributed by atoms with van der Waals surface area (Å²) < 4.78 is 12.7. The van der Waals surface area contributed by atoms with Gasteiger partial charge in [0, 0.05) is 13.1 Å². The molecule has 0 aliphatic rings. The largest absolute Gasteiger partial charge is 0.481 e. The van der Waals surface area contributed by atoms with Crippen molar-refractivity contribution in [3.05, 3.63) is 35.6 Å². The predicted octanol–water partition coefficient (Wildman–Crippen LogP) is 0.633. The molecule has 0 saturated heterocycles. The molecule has 104 valence electrons. The van der Waals surface area contributed by atoms with E-state index in [1.165, 1.54) is 24.3 Å². The summed E-state index contributed by atoms with van der Waals surface area (Å²) in [5, 5.41) is 22.8. The van der Waals surface area contributed by atoms with Crippen molar-refractivity contribution < 1.29 is 24.2 Å². The highest BCUT2D eigenvalue weighted by Crippen LogP contribution is 2.12. The van der Waals surface area contributed by atoms with Crippen LogP contribution in [0.3, 0.4) is 0 Å². The number of carbonyl (C=O) groups is 2. The van der Waals surface area contributed by atoms with Gasteiger partial charge in [-0.15, -0.1) is 0 Å². The number of aliphatic hydroxyl groups is 1. The molecule has 0 bridgehead atoms. The molecule has 0 aromatic heterocycles. The second-order valence-electron chi connectivity index (χ2n) is 3.85. The van der Waals surface area contributed by atoms with Crippen molar-refractivity contribution in [2.75, 3.05) is 13.1 Å². The van der Waals surface area contributed by atoms with E-state index in [0.717, 1.165) is 0 Å². The van der Waals surface area contributed by atoms with Crippen molar-refractivity contribution in [3.63, 3.8) is 0 Å². The molecule has 1 aromatic rings. The van der Waals surface area contributed by atoms with Gasteiger partial charge in [-0.1, -0.05) is 12.1 Å². The molecule has 4 N–H and O–H groups in total. The van der Waals surface area contributed by atoms with Crippen LogP contribution in [0.25, 0.3) is 0 Å². The average Bonchev–Trinajstić information content (AvgIpc) is 2.36. The summed E-state index contributed by atoms with van der Waals surface area (Å²) in [6, 6.07) is 4.70. The molecule has 2 amide bonds. The molecule has 0 unspecified atom stereocenters. The maximum absolute atomic E-state index is 12.7. The number of benzene rings is 1. The van der Waals surface area contributed by atoms with Crippen LogP contribution in [0.15, 0.2) is 24.3 Å². The van der Waals surface area contributed by atoms with Crippen molar-refractivity contribution >= 4 is 12.0 Å². The first-order valence-corrected chi connectivity index (χ1v) is 5.66. The number of hydrogen-bond acceptors (Lipinski definition) is 3. The summed E-state index contributed by atoms with van der Waals surface area (Å²) in [7, 11) is 0. The Morgan fingerprint density at radius 2 is 1.84 bits per heavy atom. The molecule has 19 heavy (non-hydrogen) atoms. The van der Waals surface area contributed by atoms with Crippen LogP contribution in [-0.2, 0) is 4.79 Å². The second kappa shape index (κ2) is 7.32. The van der Waals surface area contributed by atoms with E-state index in [-0.39, 0.29) is 19.5 Å². The van der Waals surface area contributed by atoms with Crippen molar-refractivity contribution in [1.82, 2.24) is 10.6 Å². The van der Waals surface area contributed by atoms with Gasteiger partial charge in [0.25, 0.3) is 0 Å². The molecule has 0 aliphatic heterocycles. The van der Waals surface area contributed by atoms with Gasteiger partial charge in [0.2, 0.25) is 0 Å². The van der Waals surface area contributed by atoms with E-state index in [4.69, 9.17) is 5.11 Å². The monoisotopic (exact) mass is 270 g/mol. The zero-order valence-corrected chi connectivity index (χ0v) is 10.1. The Labute approximate surface area is 109 Å². The summed E-state index contributed by atoms with van der Waals surface area (Å²) in [5.74, 6) is -1.41. The molecule has 0 fully saturated rings. The van der Waals surface area contributed by atoms with Gasteiger partial charge in [-0.2, -0.15) is 0 Å². The fraction of sp³-hybridized carbons (Fsp3) is 0.333. The number of aliphatic carboxylic acids is 1. The van der Waals surface area contributed by atoms with E-state index in [1.54, 1.807) is 0 Å². The highest BCUT2D eigenvalue weighted by molar-refractivity contribution is 5.75. The Morgan fingerprint density at radius 3 is 2.42 bits per heavy atom. The molecular formula is C12H15FN2O4. The van der Waals surface area contributed by atoms with Crippen LogP contribution in [0.5, 0.6) is 0 Å². The van der Waals surface area contributed by atoms with Gasteiger partial charge >= 0.3 is 12.0 Å². The number of nitrogens with one attached hydrogen (secondary N) is 2. The van der Waals surface area contributed by atoms with Crippen molar-refractivity contribution in [2.45, 2.75) is 12.5 Å². The van der Waals surface area contributed by atoms with Crippen molar-refractivity contribution in [2.24, 2.45) is 0 Å².